The molecule has 0 unspecified atom stereocenters. The van der Waals surface area contributed by atoms with E-state index in [2.05, 4.69) is 16.0 Å². The Morgan fingerprint density at radius 2 is 0.875 bits per heavy atom. The zero-order valence-electron chi connectivity index (χ0n) is 19.7. The Morgan fingerprint density at radius 3 is 1.12 bits per heavy atom. The normalized spacial score (nSPS) is 11.2. The van der Waals surface area contributed by atoms with Crippen LogP contribution in [0.15, 0.2) is 0 Å². The van der Waals surface area contributed by atoms with Gasteiger partial charge in [-0.25, -0.2) is 0 Å². The van der Waals surface area contributed by atoms with Crippen LogP contribution in [0.25, 0.3) is 0 Å². The summed E-state index contributed by atoms with van der Waals surface area (Å²) in [5.41, 5.74) is -0.688. The lowest BCUT2D eigenvalue weighted by Gasteiger charge is -2.28. The third kappa shape index (κ3) is 17.8. The fourth-order valence-electron chi connectivity index (χ4n) is 2.33. The zero-order valence-corrected chi connectivity index (χ0v) is 19.7. The van der Waals surface area contributed by atoms with Crippen LogP contribution in [-0.2, 0) is 42.8 Å². The molecule has 0 aliphatic carbocycles. The van der Waals surface area contributed by atoms with Crippen LogP contribution in [0.2, 0.25) is 0 Å². The van der Waals surface area contributed by atoms with Gasteiger partial charge >= 0.3 is 0 Å². The molecule has 0 aromatic rings. The molecular weight excluding hydrogens is 426 g/mol. The Kier molecular flexibility index (Phi) is 18.7. The van der Waals surface area contributed by atoms with Crippen molar-refractivity contribution in [3.05, 3.63) is 0 Å². The third-order valence-electron chi connectivity index (χ3n) is 3.94. The molecule has 0 radical (unpaired) electrons. The van der Waals surface area contributed by atoms with Crippen LogP contribution in [0.3, 0.4) is 0 Å². The van der Waals surface area contributed by atoms with Gasteiger partial charge in [-0.1, -0.05) is 6.92 Å². The molecule has 188 valence electrons. The number of hydrogen-bond donors (Lipinski definition) is 3. The summed E-state index contributed by atoms with van der Waals surface area (Å²) >= 11 is 0. The van der Waals surface area contributed by atoms with Crippen molar-refractivity contribution in [2.45, 2.75) is 6.92 Å². The molecular formula is C20H39N3O9. The molecule has 12 nitrogen and oxygen atoms in total. The Bertz CT molecular complexity index is 451. The predicted molar refractivity (Wildman–Crippen MR) is 115 cm³/mol. The van der Waals surface area contributed by atoms with Gasteiger partial charge in [-0.05, 0) is 0 Å². The quantitative estimate of drug-likeness (QED) is 0.170. The van der Waals surface area contributed by atoms with Gasteiger partial charge in [0.2, 0.25) is 17.7 Å². The Balaban J connectivity index is 4.49. The maximum atomic E-state index is 11.8. The second kappa shape index (κ2) is 19.8. The second-order valence-corrected chi connectivity index (χ2v) is 7.32. The molecule has 32 heavy (non-hydrogen) atoms. The average Bonchev–Trinajstić information content (AvgIpc) is 2.74. The maximum absolute atomic E-state index is 11.8. The smallest absolute Gasteiger partial charge is 0.246 e. The Morgan fingerprint density at radius 1 is 0.594 bits per heavy atom. The highest BCUT2D eigenvalue weighted by Crippen LogP contribution is 2.18. The number of nitrogens with one attached hydrogen (secondary N) is 3. The van der Waals surface area contributed by atoms with Gasteiger partial charge in [0.05, 0.1) is 39.6 Å². The van der Waals surface area contributed by atoms with Crippen LogP contribution >= 0.6 is 0 Å². The average molecular weight is 466 g/mol. The Hall–Kier alpha value is -1.83. The van der Waals surface area contributed by atoms with Gasteiger partial charge in [-0.15, -0.1) is 0 Å². The lowest BCUT2D eigenvalue weighted by atomic mass is 9.94. The number of ether oxygens (including phenoxy) is 6. The zero-order chi connectivity index (χ0) is 24.1. The van der Waals surface area contributed by atoms with E-state index in [9.17, 15) is 14.4 Å². The number of amides is 3. The van der Waals surface area contributed by atoms with Gasteiger partial charge in [0.25, 0.3) is 0 Å². The van der Waals surface area contributed by atoms with Crippen LogP contribution in [-0.4, -0.2) is 118 Å². The summed E-state index contributed by atoms with van der Waals surface area (Å²) < 4.78 is 31.2. The summed E-state index contributed by atoms with van der Waals surface area (Å²) in [6, 6.07) is 0. The third-order valence-corrected chi connectivity index (χ3v) is 3.94. The molecule has 0 fully saturated rings. The van der Waals surface area contributed by atoms with Crippen LogP contribution in [0.4, 0.5) is 0 Å². The van der Waals surface area contributed by atoms with Gasteiger partial charge in [0, 0.05) is 46.4 Å². The summed E-state index contributed by atoms with van der Waals surface area (Å²) in [5.74, 6) is -0.830. The van der Waals surface area contributed by atoms with Crippen molar-refractivity contribution < 1.29 is 42.8 Å². The minimum Gasteiger partial charge on any atom is -0.383 e. The second-order valence-electron chi connectivity index (χ2n) is 7.32. The Labute approximate surface area is 189 Å². The van der Waals surface area contributed by atoms with Crippen molar-refractivity contribution in [2.75, 3.05) is 100 Å². The number of carbonyl (C=O) groups is 3. The minimum absolute atomic E-state index is 0.126. The standard InChI is InChI=1S/C20H39N3O9/c1-20(14-30-11-17(24)21-5-8-27-2,15-31-12-18(25)22-6-9-28-3)16-32-13-19(26)23-7-10-29-4/h5-16H2,1-4H3,(H,21,24)(H,22,25)(H,23,26). The van der Waals surface area contributed by atoms with Crippen molar-refractivity contribution in [3.8, 4) is 0 Å². The van der Waals surface area contributed by atoms with Crippen LogP contribution in [0, 0.1) is 5.41 Å². The highest BCUT2D eigenvalue weighted by Gasteiger charge is 2.27. The fraction of sp³-hybridized carbons (Fsp3) is 0.850. The summed E-state index contributed by atoms with van der Waals surface area (Å²) in [6.45, 7) is 4.15. The first-order chi connectivity index (χ1) is 15.4. The van der Waals surface area contributed by atoms with Gasteiger partial charge in [-0.3, -0.25) is 14.4 Å². The minimum atomic E-state index is -0.688. The maximum Gasteiger partial charge on any atom is 0.246 e. The van der Waals surface area contributed by atoms with Crippen molar-refractivity contribution in [1.29, 1.82) is 0 Å². The van der Waals surface area contributed by atoms with E-state index in [0.29, 0.717) is 39.5 Å². The molecule has 0 heterocycles. The van der Waals surface area contributed by atoms with Crippen LogP contribution in [0.5, 0.6) is 0 Å². The molecule has 0 aromatic carbocycles. The largest absolute Gasteiger partial charge is 0.383 e. The monoisotopic (exact) mass is 465 g/mol. The van der Waals surface area contributed by atoms with E-state index in [0.717, 1.165) is 0 Å². The van der Waals surface area contributed by atoms with Gasteiger partial charge in [0.15, 0.2) is 0 Å². The van der Waals surface area contributed by atoms with Gasteiger partial charge < -0.3 is 44.4 Å². The summed E-state index contributed by atoms with van der Waals surface area (Å²) in [4.78, 5) is 35.3. The molecule has 0 saturated carbocycles. The first-order valence-corrected chi connectivity index (χ1v) is 10.4. The molecule has 3 amide bonds. The molecule has 0 aromatic heterocycles. The number of carbonyl (C=O) groups excluding carboxylic acids is 3. The fourth-order valence-corrected chi connectivity index (χ4v) is 2.33. The molecule has 0 atom stereocenters. The van der Waals surface area contributed by atoms with Crippen LogP contribution < -0.4 is 16.0 Å². The van der Waals surface area contributed by atoms with E-state index in [1.807, 2.05) is 6.92 Å². The van der Waals surface area contributed by atoms with Crippen molar-refractivity contribution in [2.24, 2.45) is 5.41 Å². The first kappa shape index (κ1) is 30.2. The molecule has 0 bridgehead atoms. The predicted octanol–water partition coefficient (Wildman–Crippen LogP) is -1.67. The molecule has 0 rings (SSSR count). The molecule has 0 aliphatic heterocycles. The van der Waals surface area contributed by atoms with E-state index in [1.165, 1.54) is 0 Å². The first-order valence-electron chi connectivity index (χ1n) is 10.4. The molecule has 0 spiro atoms. The molecule has 0 saturated heterocycles. The van der Waals surface area contributed by atoms with E-state index in [1.54, 1.807) is 21.3 Å². The van der Waals surface area contributed by atoms with Crippen molar-refractivity contribution >= 4 is 17.7 Å². The molecule has 0 aliphatic rings. The number of methoxy groups -OCH3 is 3. The van der Waals surface area contributed by atoms with Crippen molar-refractivity contribution in [3.63, 3.8) is 0 Å². The summed E-state index contributed by atoms with van der Waals surface area (Å²) in [7, 11) is 4.64. The lowest BCUT2D eigenvalue weighted by Crippen LogP contribution is -2.39. The van der Waals surface area contributed by atoms with Gasteiger partial charge in [-0.2, -0.15) is 0 Å². The lowest BCUT2D eigenvalue weighted by molar-refractivity contribution is -0.133. The molecule has 3 N–H and O–H groups in total. The highest BCUT2D eigenvalue weighted by molar-refractivity contribution is 5.77. The summed E-state index contributed by atoms with van der Waals surface area (Å²) in [6.07, 6.45) is 0. The molecule has 12 heteroatoms. The van der Waals surface area contributed by atoms with E-state index in [-0.39, 0.29) is 57.4 Å². The van der Waals surface area contributed by atoms with E-state index in [4.69, 9.17) is 28.4 Å². The number of hydrogen-bond acceptors (Lipinski definition) is 9. The van der Waals surface area contributed by atoms with Crippen molar-refractivity contribution in [1.82, 2.24) is 16.0 Å². The van der Waals surface area contributed by atoms with E-state index >= 15 is 0 Å². The summed E-state index contributed by atoms with van der Waals surface area (Å²) in [5, 5.41) is 7.97. The van der Waals surface area contributed by atoms with Crippen LogP contribution in [0.1, 0.15) is 6.92 Å². The highest BCUT2D eigenvalue weighted by atomic mass is 16.5. The SMILES string of the molecule is COCCNC(=O)COCC(C)(COCC(=O)NCCOC)COCC(=O)NCCOC. The van der Waals surface area contributed by atoms with Gasteiger partial charge in [0.1, 0.15) is 19.8 Å². The topological polar surface area (TPSA) is 143 Å². The number of rotatable bonds is 21. The van der Waals surface area contributed by atoms with E-state index < -0.39 is 5.41 Å².